The van der Waals surface area contributed by atoms with Crippen molar-refractivity contribution in [2.75, 3.05) is 11.1 Å². The van der Waals surface area contributed by atoms with E-state index in [1.807, 2.05) is 13.8 Å². The van der Waals surface area contributed by atoms with Crippen LogP contribution >= 0.6 is 0 Å². The number of para-hydroxylation sites is 1. The van der Waals surface area contributed by atoms with E-state index >= 15 is 0 Å². The maximum atomic E-state index is 12.1. The van der Waals surface area contributed by atoms with Crippen LogP contribution in [0.25, 0.3) is 0 Å². The van der Waals surface area contributed by atoms with E-state index in [4.69, 9.17) is 5.73 Å². The number of aryl methyl sites for hydroxylation is 2. The third-order valence-electron chi connectivity index (χ3n) is 3.17. The summed E-state index contributed by atoms with van der Waals surface area (Å²) in [6.07, 6.45) is 0. The molecule has 0 fully saturated rings. The van der Waals surface area contributed by atoms with Crippen LogP contribution in [0.15, 0.2) is 30.3 Å². The molecule has 0 aromatic heterocycles. The number of phenols is 2. The maximum Gasteiger partial charge on any atom is 0.259 e. The standard InChI is InChI=1S/C15H16N2O3/c1-8-6-11(16)12(7-9(8)2)17-15(20)10-4-3-5-13(18)14(10)19/h3-7,18-19H,16H2,1-2H3,(H,17,20). The summed E-state index contributed by atoms with van der Waals surface area (Å²) < 4.78 is 0. The van der Waals surface area contributed by atoms with Crippen LogP contribution in [0.1, 0.15) is 21.5 Å². The highest BCUT2D eigenvalue weighted by Crippen LogP contribution is 2.30. The van der Waals surface area contributed by atoms with E-state index in [-0.39, 0.29) is 11.3 Å². The average molecular weight is 272 g/mol. The number of hydrogen-bond donors (Lipinski definition) is 4. The summed E-state index contributed by atoms with van der Waals surface area (Å²) in [5, 5.41) is 21.7. The Morgan fingerprint density at radius 2 is 1.80 bits per heavy atom. The Balaban J connectivity index is 2.33. The van der Waals surface area contributed by atoms with Gasteiger partial charge >= 0.3 is 0 Å². The summed E-state index contributed by atoms with van der Waals surface area (Å²) in [4.78, 5) is 12.1. The lowest BCUT2D eigenvalue weighted by molar-refractivity contribution is 0.102. The van der Waals surface area contributed by atoms with E-state index in [0.717, 1.165) is 11.1 Å². The predicted molar refractivity (Wildman–Crippen MR) is 78.1 cm³/mol. The number of nitrogen functional groups attached to an aromatic ring is 1. The molecule has 104 valence electrons. The van der Waals surface area contributed by atoms with Gasteiger partial charge in [0, 0.05) is 0 Å². The molecule has 5 N–H and O–H groups in total. The van der Waals surface area contributed by atoms with Crippen LogP contribution in [0.3, 0.4) is 0 Å². The van der Waals surface area contributed by atoms with Crippen molar-refractivity contribution in [1.29, 1.82) is 0 Å². The first-order valence-corrected chi connectivity index (χ1v) is 6.09. The first-order chi connectivity index (χ1) is 9.40. The summed E-state index contributed by atoms with van der Waals surface area (Å²) in [5.74, 6) is -1.33. The van der Waals surface area contributed by atoms with E-state index in [0.29, 0.717) is 11.4 Å². The number of nitrogens with one attached hydrogen (secondary N) is 1. The van der Waals surface area contributed by atoms with Crippen molar-refractivity contribution in [3.63, 3.8) is 0 Å². The van der Waals surface area contributed by atoms with Gasteiger partial charge in [-0.3, -0.25) is 4.79 Å². The number of carbonyl (C=O) groups is 1. The molecule has 5 heteroatoms. The molecule has 5 nitrogen and oxygen atoms in total. The van der Waals surface area contributed by atoms with E-state index in [1.54, 1.807) is 12.1 Å². The van der Waals surface area contributed by atoms with Gasteiger partial charge in [0.2, 0.25) is 0 Å². The van der Waals surface area contributed by atoms with Crippen molar-refractivity contribution in [1.82, 2.24) is 0 Å². The smallest absolute Gasteiger partial charge is 0.259 e. The van der Waals surface area contributed by atoms with Crippen LogP contribution in [-0.2, 0) is 0 Å². The molecule has 2 rings (SSSR count). The fourth-order valence-electron chi connectivity index (χ4n) is 1.85. The minimum atomic E-state index is -0.534. The summed E-state index contributed by atoms with van der Waals surface area (Å²) in [6.45, 7) is 3.84. The van der Waals surface area contributed by atoms with Crippen LogP contribution in [0, 0.1) is 13.8 Å². The molecule has 0 aliphatic heterocycles. The predicted octanol–water partition coefficient (Wildman–Crippen LogP) is 2.55. The highest BCUT2D eigenvalue weighted by Gasteiger charge is 2.15. The van der Waals surface area contributed by atoms with Crippen LogP contribution in [0.4, 0.5) is 11.4 Å². The molecule has 0 bridgehead atoms. The van der Waals surface area contributed by atoms with Crippen LogP contribution in [-0.4, -0.2) is 16.1 Å². The minimum Gasteiger partial charge on any atom is -0.504 e. The van der Waals surface area contributed by atoms with Gasteiger partial charge in [-0.1, -0.05) is 6.07 Å². The molecule has 0 saturated heterocycles. The Labute approximate surface area is 116 Å². The van der Waals surface area contributed by atoms with Gasteiger partial charge in [-0.2, -0.15) is 0 Å². The topological polar surface area (TPSA) is 95.6 Å². The molecule has 2 aromatic rings. The van der Waals surface area contributed by atoms with Gasteiger partial charge in [-0.25, -0.2) is 0 Å². The lowest BCUT2D eigenvalue weighted by atomic mass is 10.1. The molecule has 0 aliphatic carbocycles. The normalized spacial score (nSPS) is 10.3. The number of amides is 1. The SMILES string of the molecule is Cc1cc(N)c(NC(=O)c2cccc(O)c2O)cc1C. The Hall–Kier alpha value is -2.69. The zero-order chi connectivity index (χ0) is 14.9. The molecule has 0 unspecified atom stereocenters. The second-order valence-electron chi connectivity index (χ2n) is 4.65. The maximum absolute atomic E-state index is 12.1. The van der Waals surface area contributed by atoms with Gasteiger partial charge in [0.15, 0.2) is 11.5 Å². The summed E-state index contributed by atoms with van der Waals surface area (Å²) in [6, 6.07) is 7.74. The molecule has 2 aromatic carbocycles. The van der Waals surface area contributed by atoms with Crippen LogP contribution in [0.5, 0.6) is 11.5 Å². The summed E-state index contributed by atoms with van der Waals surface area (Å²) >= 11 is 0. The number of rotatable bonds is 2. The fraction of sp³-hybridized carbons (Fsp3) is 0.133. The van der Waals surface area contributed by atoms with E-state index in [2.05, 4.69) is 5.32 Å². The monoisotopic (exact) mass is 272 g/mol. The Kier molecular flexibility index (Phi) is 3.52. The minimum absolute atomic E-state index is 0.0115. The number of nitrogens with two attached hydrogens (primary N) is 1. The molecule has 0 radical (unpaired) electrons. The quantitative estimate of drug-likeness (QED) is 0.499. The fourth-order valence-corrected chi connectivity index (χ4v) is 1.85. The largest absolute Gasteiger partial charge is 0.504 e. The molecule has 1 amide bonds. The van der Waals surface area contributed by atoms with Gasteiger partial charge in [0.05, 0.1) is 16.9 Å². The molecule has 0 atom stereocenters. The second-order valence-corrected chi connectivity index (χ2v) is 4.65. The molecule has 0 heterocycles. The Morgan fingerprint density at radius 1 is 1.15 bits per heavy atom. The van der Waals surface area contributed by atoms with E-state index < -0.39 is 11.7 Å². The van der Waals surface area contributed by atoms with E-state index in [9.17, 15) is 15.0 Å². The number of aromatic hydroxyl groups is 2. The molecule has 0 spiro atoms. The molecule has 0 saturated carbocycles. The van der Waals surface area contributed by atoms with Gasteiger partial charge in [0.1, 0.15) is 0 Å². The summed E-state index contributed by atoms with van der Waals surface area (Å²) in [5.41, 5.74) is 8.79. The van der Waals surface area contributed by atoms with Crippen molar-refractivity contribution in [3.05, 3.63) is 47.0 Å². The first-order valence-electron chi connectivity index (χ1n) is 6.09. The lowest BCUT2D eigenvalue weighted by Crippen LogP contribution is -2.13. The third kappa shape index (κ3) is 2.51. The highest BCUT2D eigenvalue weighted by atomic mass is 16.3. The van der Waals surface area contributed by atoms with Crippen molar-refractivity contribution < 1.29 is 15.0 Å². The van der Waals surface area contributed by atoms with E-state index in [1.165, 1.54) is 18.2 Å². The van der Waals surface area contributed by atoms with Crippen LogP contribution < -0.4 is 11.1 Å². The molecular formula is C15H16N2O3. The highest BCUT2D eigenvalue weighted by molar-refractivity contribution is 6.08. The Bertz CT molecular complexity index is 681. The number of benzene rings is 2. The van der Waals surface area contributed by atoms with Crippen molar-refractivity contribution in [2.45, 2.75) is 13.8 Å². The van der Waals surface area contributed by atoms with Gasteiger partial charge in [0.25, 0.3) is 5.91 Å². The van der Waals surface area contributed by atoms with Gasteiger partial charge in [-0.05, 0) is 49.2 Å². The van der Waals surface area contributed by atoms with Gasteiger partial charge in [-0.15, -0.1) is 0 Å². The third-order valence-corrected chi connectivity index (χ3v) is 3.17. The average Bonchev–Trinajstić information content (AvgIpc) is 2.39. The molecular weight excluding hydrogens is 256 g/mol. The van der Waals surface area contributed by atoms with Crippen LogP contribution in [0.2, 0.25) is 0 Å². The number of carbonyl (C=O) groups excluding carboxylic acids is 1. The molecule has 0 aliphatic rings. The first kappa shape index (κ1) is 13.7. The van der Waals surface area contributed by atoms with Gasteiger partial charge < -0.3 is 21.3 Å². The van der Waals surface area contributed by atoms with Crippen molar-refractivity contribution >= 4 is 17.3 Å². The summed E-state index contributed by atoms with van der Waals surface area (Å²) in [7, 11) is 0. The number of anilines is 2. The number of phenolic OH excluding ortho intramolecular Hbond substituents is 2. The zero-order valence-corrected chi connectivity index (χ0v) is 11.3. The lowest BCUT2D eigenvalue weighted by Gasteiger charge is -2.12. The second kappa shape index (κ2) is 5.13. The van der Waals surface area contributed by atoms with Crippen molar-refractivity contribution in [3.8, 4) is 11.5 Å². The Morgan fingerprint density at radius 3 is 2.50 bits per heavy atom. The number of hydrogen-bond acceptors (Lipinski definition) is 4. The zero-order valence-electron chi connectivity index (χ0n) is 11.3. The molecule has 20 heavy (non-hydrogen) atoms. The van der Waals surface area contributed by atoms with Crippen molar-refractivity contribution in [2.24, 2.45) is 0 Å².